The van der Waals surface area contributed by atoms with Crippen molar-refractivity contribution in [2.24, 2.45) is 0 Å². The van der Waals surface area contributed by atoms with Crippen LogP contribution in [0.15, 0.2) is 18.2 Å². The molecule has 0 aliphatic carbocycles. The molecule has 104 valence electrons. The molecule has 0 amide bonds. The molecule has 0 fully saturated rings. The number of hydrogen-bond acceptors (Lipinski definition) is 4. The highest BCUT2D eigenvalue weighted by Gasteiger charge is 2.40. The van der Waals surface area contributed by atoms with Gasteiger partial charge < -0.3 is 4.74 Å². The van der Waals surface area contributed by atoms with Crippen molar-refractivity contribution in [1.82, 2.24) is 0 Å². The van der Waals surface area contributed by atoms with Crippen LogP contribution in [0.3, 0.4) is 0 Å². The summed E-state index contributed by atoms with van der Waals surface area (Å²) < 4.78 is 41.8. The number of Topliss-reactive ketones (excluding diaryl/α,β-unsaturated/α-hetero) is 1. The van der Waals surface area contributed by atoms with E-state index >= 15 is 0 Å². The molecule has 0 aliphatic heterocycles. The Hall–Kier alpha value is -2.12. The zero-order valence-electron chi connectivity index (χ0n) is 10.0. The van der Waals surface area contributed by atoms with Crippen LogP contribution in [0.5, 0.6) is 5.75 Å². The molecule has 19 heavy (non-hydrogen) atoms. The predicted octanol–water partition coefficient (Wildman–Crippen LogP) is 3.13. The number of carbonyl (C=O) groups is 1. The first-order valence-electron chi connectivity index (χ1n) is 5.19. The van der Waals surface area contributed by atoms with Gasteiger partial charge in [0, 0.05) is 11.6 Å². The Morgan fingerprint density at radius 1 is 1.37 bits per heavy atom. The molecule has 1 aromatic rings. The molecule has 0 unspecified atom stereocenters. The van der Waals surface area contributed by atoms with Crippen LogP contribution in [0.2, 0.25) is 0 Å². The molecule has 1 rings (SSSR count). The number of alkyl halides is 3. The number of ether oxygens (including phenoxy) is 1. The number of nitrogens with zero attached hydrogens (tertiary/aromatic N) is 1. The van der Waals surface area contributed by atoms with Crippen molar-refractivity contribution in [2.45, 2.75) is 26.1 Å². The van der Waals surface area contributed by atoms with Gasteiger partial charge in [-0.05, 0) is 26.0 Å². The van der Waals surface area contributed by atoms with Crippen molar-refractivity contribution >= 4 is 11.5 Å². The van der Waals surface area contributed by atoms with Crippen molar-refractivity contribution in [1.29, 1.82) is 0 Å². The lowest BCUT2D eigenvalue weighted by molar-refractivity contribution is -0.386. The Morgan fingerprint density at radius 3 is 2.37 bits per heavy atom. The quantitative estimate of drug-likeness (QED) is 0.481. The topological polar surface area (TPSA) is 69.4 Å². The molecular formula is C11H10F3NO4. The van der Waals surface area contributed by atoms with Crippen LogP contribution in [0.1, 0.15) is 24.2 Å². The normalized spacial score (nSPS) is 11.5. The highest BCUT2D eigenvalue weighted by Crippen LogP contribution is 2.31. The minimum atomic E-state index is -5.08. The fraction of sp³-hybridized carbons (Fsp3) is 0.364. The van der Waals surface area contributed by atoms with Crippen molar-refractivity contribution in [2.75, 3.05) is 0 Å². The van der Waals surface area contributed by atoms with Gasteiger partial charge in [-0.2, -0.15) is 13.2 Å². The number of carbonyl (C=O) groups excluding carboxylic acids is 1. The Balaban J connectivity index is 3.24. The summed E-state index contributed by atoms with van der Waals surface area (Å²) in [7, 11) is 0. The second kappa shape index (κ2) is 5.25. The predicted molar refractivity (Wildman–Crippen MR) is 59.2 cm³/mol. The van der Waals surface area contributed by atoms with Gasteiger partial charge in [-0.3, -0.25) is 14.9 Å². The first-order chi connectivity index (χ1) is 8.62. The minimum Gasteiger partial charge on any atom is -0.484 e. The maximum atomic E-state index is 12.2. The summed E-state index contributed by atoms with van der Waals surface area (Å²) in [5.74, 6) is -2.31. The molecule has 8 heteroatoms. The summed E-state index contributed by atoms with van der Waals surface area (Å²) in [6.07, 6.45) is -5.46. The molecule has 5 nitrogen and oxygen atoms in total. The van der Waals surface area contributed by atoms with Crippen LogP contribution >= 0.6 is 0 Å². The van der Waals surface area contributed by atoms with Gasteiger partial charge in [-0.25, -0.2) is 0 Å². The maximum absolute atomic E-state index is 12.2. The SMILES string of the molecule is CC(C)Oc1ccc(C(=O)C(F)(F)F)cc1[N+](=O)[O-]. The smallest absolute Gasteiger partial charge is 0.454 e. The first kappa shape index (κ1) is 14.9. The van der Waals surface area contributed by atoms with Crippen LogP contribution in [0, 0.1) is 10.1 Å². The van der Waals surface area contributed by atoms with Gasteiger partial charge in [0.05, 0.1) is 11.0 Å². The number of rotatable bonds is 4. The Morgan fingerprint density at radius 2 is 1.95 bits per heavy atom. The molecule has 1 aromatic carbocycles. The van der Waals surface area contributed by atoms with Crippen LogP contribution in [-0.2, 0) is 0 Å². The zero-order chi connectivity index (χ0) is 14.8. The highest BCUT2D eigenvalue weighted by molar-refractivity contribution is 6.01. The summed E-state index contributed by atoms with van der Waals surface area (Å²) in [4.78, 5) is 20.8. The van der Waals surface area contributed by atoms with Gasteiger partial charge in [0.2, 0.25) is 0 Å². The number of nitro benzene ring substituents is 1. The minimum absolute atomic E-state index is 0.182. The molecule has 0 spiro atoms. The summed E-state index contributed by atoms with van der Waals surface area (Å²) >= 11 is 0. The van der Waals surface area contributed by atoms with E-state index in [0.717, 1.165) is 12.1 Å². The van der Waals surface area contributed by atoms with Crippen molar-refractivity contribution in [3.63, 3.8) is 0 Å². The molecule has 0 aliphatic rings. The van der Waals surface area contributed by atoms with E-state index in [9.17, 15) is 28.1 Å². The van der Waals surface area contributed by atoms with E-state index in [4.69, 9.17) is 4.74 Å². The molecule has 0 saturated carbocycles. The van der Waals surface area contributed by atoms with E-state index in [0.29, 0.717) is 6.07 Å². The van der Waals surface area contributed by atoms with Gasteiger partial charge >= 0.3 is 11.9 Å². The third kappa shape index (κ3) is 3.67. The number of hydrogen-bond donors (Lipinski definition) is 0. The standard InChI is InChI=1S/C11H10F3NO4/c1-6(2)19-9-4-3-7(5-8(9)15(17)18)10(16)11(12,13)14/h3-6H,1-2H3. The van der Waals surface area contributed by atoms with E-state index in [1.807, 2.05) is 0 Å². The van der Waals surface area contributed by atoms with Crippen LogP contribution < -0.4 is 4.74 Å². The molecule has 0 heterocycles. The van der Waals surface area contributed by atoms with Gasteiger partial charge in [-0.1, -0.05) is 0 Å². The summed E-state index contributed by atoms with van der Waals surface area (Å²) in [6, 6.07) is 2.39. The van der Waals surface area contributed by atoms with E-state index in [-0.39, 0.29) is 11.9 Å². The largest absolute Gasteiger partial charge is 0.484 e. The number of ketones is 1. The first-order valence-corrected chi connectivity index (χ1v) is 5.19. The Labute approximate surface area is 106 Å². The van der Waals surface area contributed by atoms with E-state index in [1.165, 1.54) is 0 Å². The third-order valence-corrected chi connectivity index (χ3v) is 2.04. The fourth-order valence-electron chi connectivity index (χ4n) is 1.32. The monoisotopic (exact) mass is 277 g/mol. The molecule has 0 saturated heterocycles. The molecule has 0 radical (unpaired) electrons. The molecule has 0 aromatic heterocycles. The average molecular weight is 277 g/mol. The number of benzene rings is 1. The summed E-state index contributed by atoms with van der Waals surface area (Å²) in [5, 5.41) is 10.8. The van der Waals surface area contributed by atoms with E-state index in [1.54, 1.807) is 13.8 Å². The molecule has 0 atom stereocenters. The van der Waals surface area contributed by atoms with E-state index < -0.39 is 28.1 Å². The fourth-order valence-corrected chi connectivity index (χ4v) is 1.32. The molecule has 0 bridgehead atoms. The lowest BCUT2D eigenvalue weighted by Gasteiger charge is -2.11. The third-order valence-electron chi connectivity index (χ3n) is 2.04. The Kier molecular flexibility index (Phi) is 4.13. The molecular weight excluding hydrogens is 267 g/mol. The van der Waals surface area contributed by atoms with Crippen molar-refractivity contribution in [3.8, 4) is 5.75 Å². The average Bonchev–Trinajstić information content (AvgIpc) is 2.26. The zero-order valence-corrected chi connectivity index (χ0v) is 10.0. The summed E-state index contributed by atoms with van der Waals surface area (Å²) in [6.45, 7) is 3.22. The van der Waals surface area contributed by atoms with Crippen LogP contribution in [-0.4, -0.2) is 23.0 Å². The van der Waals surface area contributed by atoms with E-state index in [2.05, 4.69) is 0 Å². The second-order valence-electron chi connectivity index (χ2n) is 3.93. The van der Waals surface area contributed by atoms with Gasteiger partial charge in [0.15, 0.2) is 5.75 Å². The number of nitro groups is 1. The van der Waals surface area contributed by atoms with Gasteiger partial charge in [0.25, 0.3) is 5.78 Å². The van der Waals surface area contributed by atoms with Crippen molar-refractivity contribution < 1.29 is 27.6 Å². The lowest BCUT2D eigenvalue weighted by Crippen LogP contribution is -2.22. The summed E-state index contributed by atoms with van der Waals surface area (Å²) in [5.41, 5.74) is -1.47. The van der Waals surface area contributed by atoms with Gasteiger partial charge in [0.1, 0.15) is 0 Å². The lowest BCUT2D eigenvalue weighted by atomic mass is 10.1. The van der Waals surface area contributed by atoms with Crippen LogP contribution in [0.25, 0.3) is 0 Å². The maximum Gasteiger partial charge on any atom is 0.454 e. The molecule has 0 N–H and O–H groups in total. The Bertz CT molecular complexity index is 511. The van der Waals surface area contributed by atoms with Gasteiger partial charge in [-0.15, -0.1) is 0 Å². The van der Waals surface area contributed by atoms with Crippen molar-refractivity contribution in [3.05, 3.63) is 33.9 Å². The second-order valence-corrected chi connectivity index (χ2v) is 3.93. The van der Waals surface area contributed by atoms with Crippen LogP contribution in [0.4, 0.5) is 18.9 Å². The highest BCUT2D eigenvalue weighted by atomic mass is 19.4. The number of halogens is 3.